The third-order valence-electron chi connectivity index (χ3n) is 5.35. The van der Waals surface area contributed by atoms with Crippen LogP contribution in [0.4, 0.5) is 10.8 Å². The van der Waals surface area contributed by atoms with Crippen LogP contribution in [0.15, 0.2) is 24.3 Å². The molecule has 29 heavy (non-hydrogen) atoms. The highest BCUT2D eigenvalue weighted by molar-refractivity contribution is 7.15. The van der Waals surface area contributed by atoms with Crippen molar-refractivity contribution in [3.05, 3.63) is 34.8 Å². The Morgan fingerprint density at radius 2 is 1.93 bits per heavy atom. The minimum Gasteiger partial charge on any atom is -0.340 e. The van der Waals surface area contributed by atoms with Crippen molar-refractivity contribution in [3.8, 4) is 0 Å². The van der Waals surface area contributed by atoms with Crippen molar-refractivity contribution in [2.45, 2.75) is 56.9 Å². The predicted octanol–water partition coefficient (Wildman–Crippen LogP) is 3.06. The molecule has 3 amide bonds. The van der Waals surface area contributed by atoms with Crippen LogP contribution in [0.2, 0.25) is 0 Å². The molecular formula is C20H23N5O3S. The van der Waals surface area contributed by atoms with E-state index in [0.717, 1.165) is 17.8 Å². The molecule has 1 aromatic heterocycles. The predicted molar refractivity (Wildman–Crippen MR) is 110 cm³/mol. The summed E-state index contributed by atoms with van der Waals surface area (Å²) < 4.78 is 0. The molecule has 2 aliphatic rings. The molecule has 0 bridgehead atoms. The molecule has 3 N–H and O–H groups in total. The number of fused-ring (bicyclic) bond motifs is 1. The van der Waals surface area contributed by atoms with Crippen LogP contribution in [-0.4, -0.2) is 34.0 Å². The van der Waals surface area contributed by atoms with Crippen LogP contribution < -0.4 is 16.0 Å². The molecule has 4 rings (SSSR count). The van der Waals surface area contributed by atoms with Gasteiger partial charge in [-0.15, -0.1) is 10.2 Å². The first kappa shape index (κ1) is 19.5. The monoisotopic (exact) mass is 413 g/mol. The second-order valence-corrected chi connectivity index (χ2v) is 8.44. The van der Waals surface area contributed by atoms with Crippen molar-refractivity contribution in [1.29, 1.82) is 0 Å². The summed E-state index contributed by atoms with van der Waals surface area (Å²) in [6.45, 7) is 0. The number of carbonyl (C=O) groups is 3. The van der Waals surface area contributed by atoms with E-state index in [1.165, 1.54) is 30.6 Å². The van der Waals surface area contributed by atoms with Gasteiger partial charge in [-0.05, 0) is 31.4 Å². The number of nitrogens with one attached hydrogen (secondary N) is 3. The van der Waals surface area contributed by atoms with Crippen molar-refractivity contribution in [3.63, 3.8) is 0 Å². The lowest BCUT2D eigenvalue weighted by Gasteiger charge is -2.18. The summed E-state index contributed by atoms with van der Waals surface area (Å²) in [5.41, 5.74) is 0.892. The second-order valence-electron chi connectivity index (χ2n) is 7.43. The summed E-state index contributed by atoms with van der Waals surface area (Å²) in [7, 11) is 0. The number of amides is 3. The minimum absolute atomic E-state index is 0.0903. The summed E-state index contributed by atoms with van der Waals surface area (Å²) in [6.07, 6.45) is 6.24. The Labute approximate surface area is 172 Å². The van der Waals surface area contributed by atoms with Gasteiger partial charge in [0.1, 0.15) is 11.0 Å². The van der Waals surface area contributed by atoms with Crippen LogP contribution >= 0.6 is 11.3 Å². The Hall–Kier alpha value is -2.81. The fraction of sp³-hybridized carbons (Fsp3) is 0.450. The number of nitrogens with zero attached hydrogens (tertiary/aromatic N) is 2. The maximum Gasteiger partial charge on any atom is 0.254 e. The number of benzene rings is 1. The molecule has 1 unspecified atom stereocenters. The fourth-order valence-corrected chi connectivity index (χ4v) is 4.70. The first-order valence-corrected chi connectivity index (χ1v) is 10.8. The van der Waals surface area contributed by atoms with E-state index in [1.807, 2.05) is 0 Å². The standard InChI is InChI=1S/C20H23N5O3S/c26-16(23-20-25-24-19(29-20)12-6-2-1-3-7-12)11-10-15-18(28)21-14-9-5-4-8-13(14)17(27)22-15/h4-5,8-9,12,15H,1-3,6-7,10-11H2,(H,21,28)(H,22,27)(H,23,25,26). The average Bonchev–Trinajstić information content (AvgIpc) is 3.15. The summed E-state index contributed by atoms with van der Waals surface area (Å²) in [5.74, 6) is -0.462. The molecule has 0 spiro atoms. The molecule has 1 aromatic carbocycles. The maximum atomic E-state index is 12.4. The van der Waals surface area contributed by atoms with Crippen LogP contribution in [0.3, 0.4) is 0 Å². The number of hydrogen-bond acceptors (Lipinski definition) is 6. The van der Waals surface area contributed by atoms with Crippen LogP contribution in [0.1, 0.15) is 66.2 Å². The molecule has 8 nitrogen and oxygen atoms in total. The van der Waals surface area contributed by atoms with Gasteiger partial charge in [-0.1, -0.05) is 42.7 Å². The molecule has 9 heteroatoms. The van der Waals surface area contributed by atoms with Crippen molar-refractivity contribution < 1.29 is 14.4 Å². The van der Waals surface area contributed by atoms with Gasteiger partial charge in [0, 0.05) is 12.3 Å². The number of carbonyl (C=O) groups excluding carboxylic acids is 3. The van der Waals surface area contributed by atoms with Crippen molar-refractivity contribution >= 4 is 39.9 Å². The Morgan fingerprint density at radius 1 is 1.14 bits per heavy atom. The normalized spacial score (nSPS) is 19.7. The molecule has 0 saturated heterocycles. The van der Waals surface area contributed by atoms with Gasteiger partial charge in [-0.25, -0.2) is 0 Å². The van der Waals surface area contributed by atoms with E-state index in [4.69, 9.17) is 0 Å². The van der Waals surface area contributed by atoms with E-state index in [0.29, 0.717) is 22.3 Å². The average molecular weight is 414 g/mol. The van der Waals surface area contributed by atoms with Crippen LogP contribution in [0.5, 0.6) is 0 Å². The summed E-state index contributed by atoms with van der Waals surface area (Å²) in [5, 5.41) is 18.0. The molecular weight excluding hydrogens is 390 g/mol. The van der Waals surface area contributed by atoms with Gasteiger partial charge in [-0.2, -0.15) is 0 Å². The van der Waals surface area contributed by atoms with Gasteiger partial charge >= 0.3 is 0 Å². The van der Waals surface area contributed by atoms with E-state index in [9.17, 15) is 14.4 Å². The lowest BCUT2D eigenvalue weighted by atomic mass is 9.90. The molecule has 1 fully saturated rings. The molecule has 152 valence electrons. The van der Waals surface area contributed by atoms with Crippen molar-refractivity contribution in [2.75, 3.05) is 10.6 Å². The number of para-hydroxylation sites is 1. The van der Waals surface area contributed by atoms with E-state index in [1.54, 1.807) is 24.3 Å². The molecule has 2 heterocycles. The highest BCUT2D eigenvalue weighted by Gasteiger charge is 2.28. The minimum atomic E-state index is -0.770. The van der Waals surface area contributed by atoms with Gasteiger partial charge in [-0.3, -0.25) is 14.4 Å². The Kier molecular flexibility index (Phi) is 5.84. The Bertz CT molecular complexity index is 922. The van der Waals surface area contributed by atoms with E-state index in [2.05, 4.69) is 26.1 Å². The van der Waals surface area contributed by atoms with E-state index in [-0.39, 0.29) is 30.6 Å². The van der Waals surface area contributed by atoms with Gasteiger partial charge < -0.3 is 16.0 Å². The second kappa shape index (κ2) is 8.69. The smallest absolute Gasteiger partial charge is 0.254 e. The fourth-order valence-electron chi connectivity index (χ4n) is 3.77. The molecule has 1 atom stereocenters. The zero-order valence-electron chi connectivity index (χ0n) is 15.9. The van der Waals surface area contributed by atoms with Crippen molar-refractivity contribution in [1.82, 2.24) is 15.5 Å². The topological polar surface area (TPSA) is 113 Å². The zero-order valence-corrected chi connectivity index (χ0v) is 16.8. The highest BCUT2D eigenvalue weighted by Crippen LogP contribution is 2.35. The number of anilines is 2. The Balaban J connectivity index is 1.31. The number of hydrogen-bond donors (Lipinski definition) is 3. The summed E-state index contributed by atoms with van der Waals surface area (Å²) in [4.78, 5) is 37.0. The third kappa shape index (κ3) is 4.61. The quantitative estimate of drug-likeness (QED) is 0.697. The maximum absolute atomic E-state index is 12.4. The van der Waals surface area contributed by atoms with Crippen LogP contribution in [0, 0.1) is 0 Å². The summed E-state index contributed by atoms with van der Waals surface area (Å²) in [6, 6.07) is 6.06. The van der Waals surface area contributed by atoms with Crippen molar-refractivity contribution in [2.24, 2.45) is 0 Å². The first-order valence-electron chi connectivity index (χ1n) is 9.94. The van der Waals surface area contributed by atoms with Crippen LogP contribution in [-0.2, 0) is 9.59 Å². The van der Waals surface area contributed by atoms with Gasteiger partial charge in [0.2, 0.25) is 16.9 Å². The highest BCUT2D eigenvalue weighted by atomic mass is 32.1. The molecule has 1 saturated carbocycles. The van der Waals surface area contributed by atoms with E-state index >= 15 is 0 Å². The first-order chi connectivity index (χ1) is 14.1. The SMILES string of the molecule is O=C(CCC1NC(=O)c2ccccc2NC1=O)Nc1nnc(C2CCCCC2)s1. The van der Waals surface area contributed by atoms with Gasteiger partial charge in [0.15, 0.2) is 0 Å². The number of rotatable bonds is 5. The lowest BCUT2D eigenvalue weighted by molar-refractivity contribution is -0.118. The zero-order chi connectivity index (χ0) is 20.2. The third-order valence-corrected chi connectivity index (χ3v) is 6.35. The van der Waals surface area contributed by atoms with Gasteiger partial charge in [0.05, 0.1) is 11.3 Å². The van der Waals surface area contributed by atoms with E-state index < -0.39 is 6.04 Å². The van der Waals surface area contributed by atoms with Gasteiger partial charge in [0.25, 0.3) is 5.91 Å². The number of aromatic nitrogens is 2. The molecule has 1 aliphatic carbocycles. The Morgan fingerprint density at radius 3 is 2.76 bits per heavy atom. The lowest BCUT2D eigenvalue weighted by Crippen LogP contribution is -2.41. The molecule has 1 aliphatic heterocycles. The summed E-state index contributed by atoms with van der Waals surface area (Å²) >= 11 is 1.42. The molecule has 2 aromatic rings. The molecule has 0 radical (unpaired) electrons. The van der Waals surface area contributed by atoms with Crippen LogP contribution in [0.25, 0.3) is 0 Å². The largest absolute Gasteiger partial charge is 0.340 e.